The van der Waals surface area contributed by atoms with E-state index in [2.05, 4.69) is 22.1 Å². The van der Waals surface area contributed by atoms with E-state index in [0.29, 0.717) is 11.5 Å². The Labute approximate surface area is 187 Å². The summed E-state index contributed by atoms with van der Waals surface area (Å²) in [6.45, 7) is 5.42. The van der Waals surface area contributed by atoms with Crippen LogP contribution < -0.4 is 5.73 Å². The fourth-order valence-corrected chi connectivity index (χ4v) is 4.31. The lowest BCUT2D eigenvalue weighted by molar-refractivity contribution is 0.584. The first-order valence-electron chi connectivity index (χ1n) is 10.3. The summed E-state index contributed by atoms with van der Waals surface area (Å²) < 4.78 is 30.6. The maximum absolute atomic E-state index is 12.4. The van der Waals surface area contributed by atoms with E-state index in [1.807, 2.05) is 30.3 Å². The van der Waals surface area contributed by atoms with Crippen LogP contribution in [-0.2, 0) is 16.3 Å². The van der Waals surface area contributed by atoms with E-state index >= 15 is 0 Å². The molecule has 0 unspecified atom stereocenters. The number of nitrogens with two attached hydrogens (primary N) is 1. The molecular weight excluding hydrogens is 424 g/mol. The SMILES string of the molecule is CCc1ccc(-c2nnc(-c3cc(-c4ccc(S(=O)(=O)C(C)C)cc4)cnc3N)o2)cc1. The van der Waals surface area contributed by atoms with Gasteiger partial charge in [0, 0.05) is 17.3 Å². The second kappa shape index (κ2) is 8.55. The van der Waals surface area contributed by atoms with Crippen LogP contribution in [0.1, 0.15) is 26.3 Å². The Bertz CT molecular complexity index is 1340. The highest BCUT2D eigenvalue weighted by atomic mass is 32.2. The lowest BCUT2D eigenvalue weighted by Crippen LogP contribution is -2.13. The molecule has 0 aliphatic heterocycles. The molecule has 0 saturated carbocycles. The predicted molar refractivity (Wildman–Crippen MR) is 125 cm³/mol. The van der Waals surface area contributed by atoms with E-state index in [1.165, 1.54) is 5.56 Å². The Morgan fingerprint density at radius 1 is 0.906 bits per heavy atom. The average Bonchev–Trinajstić information content (AvgIpc) is 3.29. The van der Waals surface area contributed by atoms with Crippen LogP contribution >= 0.6 is 0 Å². The molecule has 4 rings (SSSR count). The number of pyridine rings is 1. The summed E-state index contributed by atoms with van der Waals surface area (Å²) in [6.07, 6.45) is 2.58. The molecule has 0 bridgehead atoms. The van der Waals surface area contributed by atoms with Crippen LogP contribution in [0.15, 0.2) is 70.1 Å². The smallest absolute Gasteiger partial charge is 0.251 e. The van der Waals surface area contributed by atoms with Gasteiger partial charge in [0.2, 0.25) is 5.89 Å². The van der Waals surface area contributed by atoms with Gasteiger partial charge in [-0.2, -0.15) is 0 Å². The van der Waals surface area contributed by atoms with Crippen LogP contribution in [0.4, 0.5) is 5.82 Å². The number of aromatic nitrogens is 3. The Morgan fingerprint density at radius 2 is 1.53 bits per heavy atom. The number of nitrogens with zero attached hydrogens (tertiary/aromatic N) is 3. The number of hydrogen-bond acceptors (Lipinski definition) is 7. The number of anilines is 1. The third-order valence-corrected chi connectivity index (χ3v) is 7.49. The predicted octanol–water partition coefficient (Wildman–Crippen LogP) is 4.79. The second-order valence-electron chi connectivity index (χ2n) is 7.74. The van der Waals surface area contributed by atoms with Gasteiger partial charge < -0.3 is 10.2 Å². The fourth-order valence-electron chi connectivity index (χ4n) is 3.25. The first kappa shape index (κ1) is 21.7. The van der Waals surface area contributed by atoms with Crippen molar-refractivity contribution < 1.29 is 12.8 Å². The van der Waals surface area contributed by atoms with Crippen LogP contribution in [0.25, 0.3) is 34.0 Å². The molecule has 2 aromatic carbocycles. The molecule has 7 nitrogen and oxygen atoms in total. The third-order valence-electron chi connectivity index (χ3n) is 5.32. The zero-order valence-electron chi connectivity index (χ0n) is 18.1. The van der Waals surface area contributed by atoms with Crippen molar-refractivity contribution in [2.24, 2.45) is 0 Å². The summed E-state index contributed by atoms with van der Waals surface area (Å²) in [5.74, 6) is 0.936. The van der Waals surface area contributed by atoms with Gasteiger partial charge in [-0.3, -0.25) is 0 Å². The maximum atomic E-state index is 12.4. The largest absolute Gasteiger partial charge is 0.416 e. The highest BCUT2D eigenvalue weighted by Gasteiger charge is 2.19. The molecule has 8 heteroatoms. The highest BCUT2D eigenvalue weighted by molar-refractivity contribution is 7.92. The zero-order chi connectivity index (χ0) is 22.9. The van der Waals surface area contributed by atoms with Crippen LogP contribution in [0.2, 0.25) is 0 Å². The monoisotopic (exact) mass is 448 g/mol. The van der Waals surface area contributed by atoms with E-state index in [9.17, 15) is 8.42 Å². The summed E-state index contributed by atoms with van der Waals surface area (Å²) >= 11 is 0. The molecule has 0 saturated heterocycles. The number of rotatable bonds is 6. The van der Waals surface area contributed by atoms with Crippen LogP contribution in [0.3, 0.4) is 0 Å². The Hall–Kier alpha value is -3.52. The molecule has 2 N–H and O–H groups in total. The van der Waals surface area contributed by atoms with Crippen molar-refractivity contribution >= 4 is 15.7 Å². The maximum Gasteiger partial charge on any atom is 0.251 e. The topological polar surface area (TPSA) is 112 Å². The van der Waals surface area contributed by atoms with E-state index < -0.39 is 15.1 Å². The molecule has 0 aliphatic carbocycles. The quantitative estimate of drug-likeness (QED) is 0.451. The minimum atomic E-state index is -3.33. The van der Waals surface area contributed by atoms with Gasteiger partial charge in [0.15, 0.2) is 9.84 Å². The zero-order valence-corrected chi connectivity index (χ0v) is 18.9. The van der Waals surface area contributed by atoms with Crippen LogP contribution in [0.5, 0.6) is 0 Å². The molecule has 2 aromatic heterocycles. The van der Waals surface area contributed by atoms with E-state index in [1.54, 1.807) is 44.3 Å². The minimum Gasteiger partial charge on any atom is -0.416 e. The lowest BCUT2D eigenvalue weighted by atomic mass is 10.1. The van der Waals surface area contributed by atoms with Gasteiger partial charge in [-0.15, -0.1) is 10.2 Å². The number of nitrogen functional groups attached to an aromatic ring is 1. The third kappa shape index (κ3) is 4.13. The van der Waals surface area contributed by atoms with Crippen LogP contribution in [-0.4, -0.2) is 28.8 Å². The van der Waals surface area contributed by atoms with Gasteiger partial charge in [-0.05, 0) is 61.7 Å². The Morgan fingerprint density at radius 3 is 2.16 bits per heavy atom. The van der Waals surface area contributed by atoms with Crippen LogP contribution in [0, 0.1) is 0 Å². The van der Waals surface area contributed by atoms with Crippen molar-refractivity contribution in [3.8, 4) is 34.0 Å². The van der Waals surface area contributed by atoms with Gasteiger partial charge >= 0.3 is 0 Å². The molecule has 0 atom stereocenters. The summed E-state index contributed by atoms with van der Waals surface area (Å²) in [5.41, 5.74) is 10.2. The number of aryl methyl sites for hydroxylation is 1. The highest BCUT2D eigenvalue weighted by Crippen LogP contribution is 2.31. The molecular formula is C24H24N4O3S. The molecule has 0 amide bonds. The van der Waals surface area contributed by atoms with E-state index in [-0.39, 0.29) is 16.6 Å². The molecule has 4 aromatic rings. The molecule has 32 heavy (non-hydrogen) atoms. The van der Waals surface area contributed by atoms with Gasteiger partial charge in [0.1, 0.15) is 5.82 Å². The van der Waals surface area contributed by atoms with E-state index in [4.69, 9.17) is 10.2 Å². The summed E-state index contributed by atoms with van der Waals surface area (Å²) in [4.78, 5) is 4.56. The second-order valence-corrected chi connectivity index (χ2v) is 10.2. The fraction of sp³-hybridized carbons (Fsp3) is 0.208. The van der Waals surface area contributed by atoms with Crippen molar-refractivity contribution in [1.29, 1.82) is 0 Å². The Kier molecular flexibility index (Phi) is 5.80. The first-order valence-corrected chi connectivity index (χ1v) is 11.9. The average molecular weight is 449 g/mol. The van der Waals surface area contributed by atoms with Gasteiger partial charge in [0.25, 0.3) is 5.89 Å². The van der Waals surface area contributed by atoms with Crippen molar-refractivity contribution in [1.82, 2.24) is 15.2 Å². The Balaban J connectivity index is 1.66. The lowest BCUT2D eigenvalue weighted by Gasteiger charge is -2.09. The first-order chi connectivity index (χ1) is 15.3. The molecule has 0 fully saturated rings. The summed E-state index contributed by atoms with van der Waals surface area (Å²) in [7, 11) is -3.33. The number of hydrogen-bond donors (Lipinski definition) is 1. The normalized spacial score (nSPS) is 11.8. The van der Waals surface area contributed by atoms with E-state index in [0.717, 1.165) is 23.1 Å². The van der Waals surface area contributed by atoms with Crippen molar-refractivity contribution in [3.63, 3.8) is 0 Å². The van der Waals surface area contributed by atoms with Gasteiger partial charge in [-0.25, -0.2) is 13.4 Å². The van der Waals surface area contributed by atoms with Gasteiger partial charge in [-0.1, -0.05) is 31.2 Å². The molecule has 164 valence electrons. The minimum absolute atomic E-state index is 0.268. The molecule has 0 spiro atoms. The van der Waals surface area contributed by atoms with Gasteiger partial charge in [0.05, 0.1) is 15.7 Å². The summed E-state index contributed by atoms with van der Waals surface area (Å²) in [6, 6.07) is 16.5. The molecule has 0 radical (unpaired) electrons. The number of sulfone groups is 1. The summed E-state index contributed by atoms with van der Waals surface area (Å²) in [5, 5.41) is 7.82. The van der Waals surface area contributed by atoms with Crippen molar-refractivity contribution in [2.45, 2.75) is 37.3 Å². The van der Waals surface area contributed by atoms with Crippen molar-refractivity contribution in [2.75, 3.05) is 5.73 Å². The van der Waals surface area contributed by atoms with Crippen molar-refractivity contribution in [3.05, 3.63) is 66.4 Å². The molecule has 2 heterocycles. The standard InChI is InChI=1S/C24H24N4O3S/c1-4-16-5-7-18(8-6-16)23-27-28-24(31-23)21-13-19(14-26-22(21)25)17-9-11-20(12-10-17)32(29,30)15(2)3/h5-15H,4H2,1-3H3,(H2,25,26). The molecule has 0 aliphatic rings. The number of benzene rings is 2.